The molecule has 0 saturated carbocycles. The van der Waals surface area contributed by atoms with Gasteiger partial charge in [-0.3, -0.25) is 14.5 Å². The van der Waals surface area contributed by atoms with Gasteiger partial charge in [0.15, 0.2) is 0 Å². The third-order valence-corrected chi connectivity index (χ3v) is 16.4. The molecule has 2 unspecified atom stereocenters. The minimum absolute atomic E-state index is 0.0396. The lowest BCUT2D eigenvalue weighted by Crippen LogP contribution is -2.53. The number of nitrogens with zero attached hydrogens (tertiary/aromatic N) is 5. The molecule has 4 aromatic carbocycles. The minimum Gasteiger partial charge on any atom is -0.488 e. The van der Waals surface area contributed by atoms with Crippen LogP contribution in [0.1, 0.15) is 123 Å². The number of benzene rings is 4. The standard InChI is InChI=1S/C66H71N5O11/c1-9-47-49-29-46(80-64(76)82-65(6,7)8)21-22-55(49)67-59-52(47)36-71-56(59)31-54-53(61(71)73)39-79-62(74)66(54,10-2)81-63(75)69-25-23-68(24-26-69)33-44-27-41(5)51-35-70(34-45(51)28-44)60(72)50-30-48(40(3)4)57(77-37-42-17-13-11-14-18-42)32-58(50)78-38-43-19-15-12-16-20-43/h11-22,28-32,40-41H,9-10,23-27,33-39H2,1-8H3. The van der Waals surface area contributed by atoms with Crippen molar-refractivity contribution >= 4 is 35.0 Å². The molecule has 16 nitrogen and oxygen atoms in total. The topological polar surface area (TPSA) is 168 Å². The fraction of sp³-hybridized carbons (Fsp3) is 0.394. The van der Waals surface area contributed by atoms with E-state index in [1.807, 2.05) is 84.6 Å². The van der Waals surface area contributed by atoms with Crippen LogP contribution in [0.15, 0.2) is 125 Å². The predicted octanol–water partition coefficient (Wildman–Crippen LogP) is 11.4. The molecule has 1 aliphatic carbocycles. The lowest BCUT2D eigenvalue weighted by atomic mass is 9.85. The molecule has 11 rings (SSSR count). The summed E-state index contributed by atoms with van der Waals surface area (Å²) >= 11 is 0. The second-order valence-corrected chi connectivity index (χ2v) is 23.4. The van der Waals surface area contributed by atoms with Crippen molar-refractivity contribution in [2.24, 2.45) is 5.92 Å². The third-order valence-electron chi connectivity index (χ3n) is 16.4. The highest BCUT2D eigenvalue weighted by molar-refractivity contribution is 5.98. The number of cyclic esters (lactones) is 1. The molecule has 0 spiro atoms. The van der Waals surface area contributed by atoms with Crippen LogP contribution in [0.3, 0.4) is 0 Å². The zero-order chi connectivity index (χ0) is 57.6. The molecule has 1 saturated heterocycles. The summed E-state index contributed by atoms with van der Waals surface area (Å²) in [5.41, 5.74) is 8.34. The number of hydrogen-bond acceptors (Lipinski definition) is 13. The van der Waals surface area contributed by atoms with Gasteiger partial charge in [-0.15, -0.1) is 0 Å². The summed E-state index contributed by atoms with van der Waals surface area (Å²) in [7, 11) is 0. The normalized spacial score (nSPS) is 18.6. The number of aromatic nitrogens is 2. The summed E-state index contributed by atoms with van der Waals surface area (Å²) in [6.45, 7) is 19.8. The van der Waals surface area contributed by atoms with E-state index >= 15 is 0 Å². The summed E-state index contributed by atoms with van der Waals surface area (Å²) in [5, 5.41) is 0.776. The highest BCUT2D eigenvalue weighted by Crippen LogP contribution is 2.44. The van der Waals surface area contributed by atoms with Crippen LogP contribution < -0.4 is 19.8 Å². The van der Waals surface area contributed by atoms with Gasteiger partial charge in [-0.2, -0.15) is 0 Å². The van der Waals surface area contributed by atoms with E-state index < -0.39 is 29.4 Å². The van der Waals surface area contributed by atoms with Crippen LogP contribution in [0.4, 0.5) is 9.59 Å². The molecule has 6 heterocycles. The fourth-order valence-electron chi connectivity index (χ4n) is 12.2. The van der Waals surface area contributed by atoms with Crippen molar-refractivity contribution in [1.29, 1.82) is 0 Å². The second-order valence-electron chi connectivity index (χ2n) is 23.4. The molecule has 4 aliphatic heterocycles. The Hall–Kier alpha value is -8.24. The molecular formula is C66H71N5O11. The van der Waals surface area contributed by atoms with Crippen LogP contribution in [0.25, 0.3) is 22.3 Å². The lowest BCUT2D eigenvalue weighted by molar-refractivity contribution is -0.173. The first-order valence-corrected chi connectivity index (χ1v) is 28.6. The van der Waals surface area contributed by atoms with Crippen molar-refractivity contribution in [3.05, 3.63) is 175 Å². The van der Waals surface area contributed by atoms with Gasteiger partial charge in [-0.1, -0.05) is 107 Å². The molecule has 0 radical (unpaired) electrons. The molecule has 6 aromatic rings. The molecular weight excluding hydrogens is 1040 g/mol. The molecule has 2 aromatic heterocycles. The SMILES string of the molecule is CCc1c2c(nc3ccc(OC(=O)OC(C)(C)C)cc13)-c1cc3c(c(=O)n1C2)COC(=O)C3(CC)OC(=O)N1CCN(CC2=CC3=C(CN(C(=O)c4cc(C(C)C)c(OCc5ccccc5)cc4OCc4ccccc4)C3)C(C)C2)CC1. The van der Waals surface area contributed by atoms with Gasteiger partial charge < -0.3 is 42.8 Å². The average Bonchev–Trinajstić information content (AvgIpc) is 4.07. The largest absolute Gasteiger partial charge is 0.514 e. The summed E-state index contributed by atoms with van der Waals surface area (Å²) in [6.07, 6.45) is 2.28. The zero-order valence-electron chi connectivity index (χ0n) is 48.1. The molecule has 426 valence electrons. The van der Waals surface area contributed by atoms with E-state index in [4.69, 9.17) is 33.4 Å². The Balaban J connectivity index is 0.764. The summed E-state index contributed by atoms with van der Waals surface area (Å²) < 4.78 is 37.5. The van der Waals surface area contributed by atoms with Gasteiger partial charge in [-0.25, -0.2) is 19.4 Å². The third kappa shape index (κ3) is 11.0. The second kappa shape index (κ2) is 22.6. The lowest BCUT2D eigenvalue weighted by Gasteiger charge is -2.39. The van der Waals surface area contributed by atoms with Crippen molar-refractivity contribution in [2.75, 3.05) is 45.8 Å². The highest BCUT2D eigenvalue weighted by Gasteiger charge is 2.51. The first-order valence-electron chi connectivity index (χ1n) is 28.6. The number of fused-ring (bicyclic) bond motifs is 5. The van der Waals surface area contributed by atoms with E-state index in [-0.39, 0.29) is 48.4 Å². The van der Waals surface area contributed by atoms with Crippen molar-refractivity contribution in [3.63, 3.8) is 0 Å². The van der Waals surface area contributed by atoms with Gasteiger partial charge >= 0.3 is 18.2 Å². The molecule has 1 fully saturated rings. The molecule has 0 N–H and O–H groups in total. The Morgan fingerprint density at radius 3 is 2.16 bits per heavy atom. The van der Waals surface area contributed by atoms with Crippen LogP contribution in [0, 0.1) is 5.92 Å². The number of esters is 1. The van der Waals surface area contributed by atoms with Gasteiger partial charge in [-0.05, 0) is 116 Å². The smallest absolute Gasteiger partial charge is 0.488 e. The Morgan fingerprint density at radius 2 is 1.50 bits per heavy atom. The summed E-state index contributed by atoms with van der Waals surface area (Å²) in [4.78, 5) is 81.1. The number of carbonyl (C=O) groups excluding carboxylic acids is 4. The Labute approximate surface area is 478 Å². The minimum atomic E-state index is -1.86. The maximum Gasteiger partial charge on any atom is 0.514 e. The van der Waals surface area contributed by atoms with Crippen LogP contribution in [-0.2, 0) is 57.4 Å². The fourth-order valence-corrected chi connectivity index (χ4v) is 12.2. The number of pyridine rings is 2. The van der Waals surface area contributed by atoms with Gasteiger partial charge in [0.1, 0.15) is 42.7 Å². The van der Waals surface area contributed by atoms with Crippen molar-refractivity contribution in [3.8, 4) is 28.6 Å². The Kier molecular flexibility index (Phi) is 15.3. The first-order chi connectivity index (χ1) is 39.4. The van der Waals surface area contributed by atoms with Crippen LogP contribution in [0.2, 0.25) is 0 Å². The average molecular weight is 1110 g/mol. The number of rotatable bonds is 14. The van der Waals surface area contributed by atoms with Gasteiger partial charge in [0.2, 0.25) is 5.60 Å². The van der Waals surface area contributed by atoms with Crippen LogP contribution in [0.5, 0.6) is 17.2 Å². The van der Waals surface area contributed by atoms with Crippen molar-refractivity contribution < 1.29 is 47.6 Å². The highest BCUT2D eigenvalue weighted by atomic mass is 16.7. The van der Waals surface area contributed by atoms with E-state index in [1.54, 1.807) is 61.4 Å². The van der Waals surface area contributed by atoms with E-state index in [0.29, 0.717) is 111 Å². The summed E-state index contributed by atoms with van der Waals surface area (Å²) in [5.74, 6) is 0.985. The van der Waals surface area contributed by atoms with Gasteiger partial charge in [0.05, 0.1) is 34.6 Å². The first kappa shape index (κ1) is 55.7. The molecule has 0 bridgehead atoms. The van der Waals surface area contributed by atoms with Crippen LogP contribution in [-0.4, -0.2) is 99.8 Å². The quantitative estimate of drug-likeness (QED) is 0.0573. The molecule has 2 atom stereocenters. The Morgan fingerprint density at radius 1 is 0.805 bits per heavy atom. The number of hydrogen-bond donors (Lipinski definition) is 0. The maximum atomic E-state index is 14.8. The number of aryl methyl sites for hydroxylation is 1. The molecule has 2 amide bonds. The van der Waals surface area contributed by atoms with E-state index in [2.05, 4.69) is 31.7 Å². The maximum absolute atomic E-state index is 14.8. The zero-order valence-corrected chi connectivity index (χ0v) is 48.1. The van der Waals surface area contributed by atoms with Crippen molar-refractivity contribution in [2.45, 2.75) is 118 Å². The monoisotopic (exact) mass is 1110 g/mol. The van der Waals surface area contributed by atoms with Gasteiger partial charge in [0.25, 0.3) is 11.5 Å². The Bertz CT molecular complexity index is 3630. The van der Waals surface area contributed by atoms with Crippen LogP contribution >= 0.6 is 0 Å². The number of piperazine rings is 1. The van der Waals surface area contributed by atoms with E-state index in [0.717, 1.165) is 45.2 Å². The van der Waals surface area contributed by atoms with E-state index in [9.17, 15) is 24.0 Å². The summed E-state index contributed by atoms with van der Waals surface area (Å²) in [6, 6.07) is 30.8. The van der Waals surface area contributed by atoms with E-state index in [1.165, 1.54) is 11.1 Å². The molecule has 16 heteroatoms. The molecule has 82 heavy (non-hydrogen) atoms. The molecule has 5 aliphatic rings. The number of ether oxygens (including phenoxy) is 6. The van der Waals surface area contributed by atoms with Gasteiger partial charge in [0, 0.05) is 68.4 Å². The van der Waals surface area contributed by atoms with Crippen molar-refractivity contribution in [1.82, 2.24) is 24.3 Å². The number of amides is 2. The number of carbonyl (C=O) groups is 4. The predicted molar refractivity (Wildman–Crippen MR) is 310 cm³/mol.